The third-order valence-corrected chi connectivity index (χ3v) is 5.15. The summed E-state index contributed by atoms with van der Waals surface area (Å²) >= 11 is 0. The van der Waals surface area contributed by atoms with Gasteiger partial charge in [-0.3, -0.25) is 9.52 Å². The van der Waals surface area contributed by atoms with E-state index in [0.29, 0.717) is 18.0 Å². The SMILES string of the molecule is CC(=O)N1CC(C)Oc2ccc(S(=O)(=O)Nc3ccc(F)cc3)cc21. The minimum Gasteiger partial charge on any atom is -0.487 e. The van der Waals surface area contributed by atoms with Crippen LogP contribution in [-0.2, 0) is 14.8 Å². The standard InChI is InChI=1S/C17H17FN2O4S/c1-11-10-20(12(2)21)16-9-15(7-8-17(16)24-11)25(22,23)19-14-5-3-13(18)4-6-14/h3-9,11,19H,10H2,1-2H3. The molecular weight excluding hydrogens is 347 g/mol. The molecule has 0 bridgehead atoms. The van der Waals surface area contributed by atoms with Crippen molar-refractivity contribution in [3.05, 3.63) is 48.3 Å². The Kier molecular flexibility index (Phi) is 4.38. The number of benzene rings is 2. The Labute approximate surface area is 145 Å². The average Bonchev–Trinajstić information content (AvgIpc) is 2.55. The molecule has 132 valence electrons. The van der Waals surface area contributed by atoms with Crippen LogP contribution >= 0.6 is 0 Å². The smallest absolute Gasteiger partial charge is 0.261 e. The Balaban J connectivity index is 1.96. The van der Waals surface area contributed by atoms with Gasteiger partial charge in [-0.1, -0.05) is 0 Å². The Morgan fingerprint density at radius 2 is 1.92 bits per heavy atom. The topological polar surface area (TPSA) is 75.7 Å². The molecule has 1 unspecified atom stereocenters. The number of amides is 1. The zero-order valence-electron chi connectivity index (χ0n) is 13.7. The van der Waals surface area contributed by atoms with E-state index in [1.807, 2.05) is 6.92 Å². The van der Waals surface area contributed by atoms with Crippen molar-refractivity contribution < 1.29 is 22.3 Å². The number of rotatable bonds is 3. The quantitative estimate of drug-likeness (QED) is 0.909. The lowest BCUT2D eigenvalue weighted by Gasteiger charge is -2.33. The second kappa shape index (κ2) is 6.36. The fourth-order valence-electron chi connectivity index (χ4n) is 2.61. The summed E-state index contributed by atoms with van der Waals surface area (Å²) in [5, 5.41) is 0. The van der Waals surface area contributed by atoms with Crippen LogP contribution in [0.1, 0.15) is 13.8 Å². The maximum Gasteiger partial charge on any atom is 0.261 e. The minimum atomic E-state index is -3.89. The highest BCUT2D eigenvalue weighted by molar-refractivity contribution is 7.92. The van der Waals surface area contributed by atoms with Crippen LogP contribution in [0.3, 0.4) is 0 Å². The molecule has 0 saturated heterocycles. The zero-order chi connectivity index (χ0) is 18.2. The van der Waals surface area contributed by atoms with E-state index in [0.717, 1.165) is 12.1 Å². The number of carbonyl (C=O) groups is 1. The number of hydrogen-bond donors (Lipinski definition) is 1. The molecule has 0 aromatic heterocycles. The number of nitrogens with one attached hydrogen (secondary N) is 1. The summed E-state index contributed by atoms with van der Waals surface area (Å²) in [6.45, 7) is 3.59. The fraction of sp³-hybridized carbons (Fsp3) is 0.235. The van der Waals surface area contributed by atoms with Gasteiger partial charge in [-0.25, -0.2) is 12.8 Å². The van der Waals surface area contributed by atoms with Gasteiger partial charge in [0.15, 0.2) is 0 Å². The van der Waals surface area contributed by atoms with E-state index >= 15 is 0 Å². The van der Waals surface area contributed by atoms with Crippen LogP contribution in [0.4, 0.5) is 15.8 Å². The number of ether oxygens (including phenoxy) is 1. The number of nitrogens with zero attached hydrogens (tertiary/aromatic N) is 1. The normalized spacial score (nSPS) is 16.8. The van der Waals surface area contributed by atoms with Gasteiger partial charge in [-0.2, -0.15) is 0 Å². The van der Waals surface area contributed by atoms with Gasteiger partial charge in [-0.15, -0.1) is 0 Å². The van der Waals surface area contributed by atoms with Gasteiger partial charge in [0, 0.05) is 12.6 Å². The first-order chi connectivity index (χ1) is 11.8. The molecule has 0 spiro atoms. The lowest BCUT2D eigenvalue weighted by Crippen LogP contribution is -2.41. The van der Waals surface area contributed by atoms with Crippen molar-refractivity contribution in [2.45, 2.75) is 24.8 Å². The Morgan fingerprint density at radius 1 is 1.24 bits per heavy atom. The van der Waals surface area contributed by atoms with Gasteiger partial charge in [-0.05, 0) is 49.4 Å². The molecule has 1 amide bonds. The largest absolute Gasteiger partial charge is 0.487 e. The highest BCUT2D eigenvalue weighted by Crippen LogP contribution is 2.35. The highest BCUT2D eigenvalue weighted by Gasteiger charge is 2.27. The van der Waals surface area contributed by atoms with Crippen molar-refractivity contribution in [3.63, 3.8) is 0 Å². The van der Waals surface area contributed by atoms with Gasteiger partial charge in [0.2, 0.25) is 5.91 Å². The highest BCUT2D eigenvalue weighted by atomic mass is 32.2. The van der Waals surface area contributed by atoms with Crippen LogP contribution in [0.5, 0.6) is 5.75 Å². The first kappa shape index (κ1) is 17.2. The predicted octanol–water partition coefficient (Wildman–Crippen LogP) is 2.76. The van der Waals surface area contributed by atoms with Crippen LogP contribution in [0.2, 0.25) is 0 Å². The van der Waals surface area contributed by atoms with Crippen LogP contribution in [0, 0.1) is 5.82 Å². The Morgan fingerprint density at radius 3 is 2.56 bits per heavy atom. The first-order valence-electron chi connectivity index (χ1n) is 7.63. The van der Waals surface area contributed by atoms with E-state index < -0.39 is 15.8 Å². The van der Waals surface area contributed by atoms with Crippen molar-refractivity contribution in [2.24, 2.45) is 0 Å². The van der Waals surface area contributed by atoms with E-state index in [2.05, 4.69) is 4.72 Å². The molecule has 0 saturated carbocycles. The summed E-state index contributed by atoms with van der Waals surface area (Å²) in [7, 11) is -3.89. The summed E-state index contributed by atoms with van der Waals surface area (Å²) in [5.41, 5.74) is 0.653. The average molecular weight is 364 g/mol. The van der Waals surface area contributed by atoms with Crippen LogP contribution in [-0.4, -0.2) is 27.0 Å². The van der Waals surface area contributed by atoms with Crippen molar-refractivity contribution in [1.82, 2.24) is 0 Å². The third-order valence-electron chi connectivity index (χ3n) is 3.78. The van der Waals surface area contributed by atoms with E-state index in [-0.39, 0.29) is 22.6 Å². The molecular formula is C17H17FN2O4S. The van der Waals surface area contributed by atoms with Crippen molar-refractivity contribution in [2.75, 3.05) is 16.2 Å². The lowest BCUT2D eigenvalue weighted by atomic mass is 10.2. The van der Waals surface area contributed by atoms with Crippen molar-refractivity contribution in [3.8, 4) is 5.75 Å². The Bertz CT molecular complexity index is 913. The van der Waals surface area contributed by atoms with Gasteiger partial charge < -0.3 is 9.64 Å². The molecule has 8 heteroatoms. The van der Waals surface area contributed by atoms with E-state index in [9.17, 15) is 17.6 Å². The van der Waals surface area contributed by atoms with Crippen molar-refractivity contribution in [1.29, 1.82) is 0 Å². The van der Waals surface area contributed by atoms with Crippen molar-refractivity contribution >= 4 is 27.3 Å². The molecule has 25 heavy (non-hydrogen) atoms. The molecule has 2 aromatic carbocycles. The second-order valence-corrected chi connectivity index (χ2v) is 7.48. The summed E-state index contributed by atoms with van der Waals surface area (Å²) in [4.78, 5) is 13.3. The molecule has 1 atom stereocenters. The summed E-state index contributed by atoms with van der Waals surface area (Å²) in [5.74, 6) is -0.202. The zero-order valence-corrected chi connectivity index (χ0v) is 14.5. The number of carbonyl (C=O) groups excluding carboxylic acids is 1. The molecule has 1 aliphatic rings. The number of sulfonamides is 1. The number of anilines is 2. The summed E-state index contributed by atoms with van der Waals surface area (Å²) in [6.07, 6.45) is -0.184. The molecule has 1 N–H and O–H groups in total. The molecule has 0 aliphatic carbocycles. The van der Waals surface area contributed by atoms with Crippen LogP contribution < -0.4 is 14.4 Å². The van der Waals surface area contributed by atoms with Gasteiger partial charge >= 0.3 is 0 Å². The van der Waals surface area contributed by atoms with Crippen LogP contribution in [0.15, 0.2) is 47.4 Å². The van der Waals surface area contributed by atoms with E-state index in [1.165, 1.54) is 42.2 Å². The van der Waals surface area contributed by atoms with E-state index in [4.69, 9.17) is 4.74 Å². The Hall–Kier alpha value is -2.61. The number of halogens is 1. The van der Waals surface area contributed by atoms with E-state index in [1.54, 1.807) is 0 Å². The molecule has 1 heterocycles. The van der Waals surface area contributed by atoms with Gasteiger partial charge in [0.1, 0.15) is 17.7 Å². The second-order valence-electron chi connectivity index (χ2n) is 5.80. The predicted molar refractivity (Wildman–Crippen MR) is 91.8 cm³/mol. The molecule has 0 fully saturated rings. The van der Waals surface area contributed by atoms with Gasteiger partial charge in [0.05, 0.1) is 17.1 Å². The molecule has 1 aliphatic heterocycles. The fourth-order valence-corrected chi connectivity index (χ4v) is 3.69. The number of hydrogen-bond acceptors (Lipinski definition) is 4. The summed E-state index contributed by atoms with van der Waals surface area (Å²) < 4.78 is 46.1. The molecule has 2 aromatic rings. The summed E-state index contributed by atoms with van der Waals surface area (Å²) in [6, 6.07) is 9.32. The maximum atomic E-state index is 13.0. The van der Waals surface area contributed by atoms with Crippen LogP contribution in [0.25, 0.3) is 0 Å². The third kappa shape index (κ3) is 3.58. The monoisotopic (exact) mass is 364 g/mol. The molecule has 3 rings (SSSR count). The van der Waals surface area contributed by atoms with Gasteiger partial charge in [0.25, 0.3) is 10.0 Å². The molecule has 0 radical (unpaired) electrons. The maximum absolute atomic E-state index is 13.0. The first-order valence-corrected chi connectivity index (χ1v) is 9.12. The lowest BCUT2D eigenvalue weighted by molar-refractivity contribution is -0.117. The minimum absolute atomic E-state index is 0.0139. The number of fused-ring (bicyclic) bond motifs is 1. The molecule has 6 nitrogen and oxygen atoms in total.